The van der Waals surface area contributed by atoms with Crippen LogP contribution < -0.4 is 10.1 Å². The Balaban J connectivity index is 1.05. The van der Waals surface area contributed by atoms with Gasteiger partial charge in [0.2, 0.25) is 0 Å². The average Bonchev–Trinajstić information content (AvgIpc) is 3.34. The van der Waals surface area contributed by atoms with E-state index in [9.17, 15) is 14.4 Å². The summed E-state index contributed by atoms with van der Waals surface area (Å²) in [6, 6.07) is 6.10. The molecular formula is C41H54N6O6S. The zero-order valence-electron chi connectivity index (χ0n) is 32.9. The van der Waals surface area contributed by atoms with Gasteiger partial charge in [-0.25, -0.2) is 14.6 Å². The molecule has 0 unspecified atom stereocenters. The number of methoxy groups -OCH3 is 1. The number of aromatic nitrogens is 3. The molecule has 2 bridgehead atoms. The number of thiophene rings is 1. The van der Waals surface area contributed by atoms with E-state index in [1.54, 1.807) is 23.3 Å². The fraction of sp³-hybridized carbons (Fsp3) is 0.610. The monoisotopic (exact) mass is 758 g/mol. The molecule has 4 fully saturated rings. The van der Waals surface area contributed by atoms with Crippen LogP contribution in [0.5, 0.6) is 5.75 Å². The number of rotatable bonds is 9. The summed E-state index contributed by atoms with van der Waals surface area (Å²) in [5, 5.41) is 5.24. The van der Waals surface area contributed by atoms with E-state index in [-0.39, 0.29) is 24.0 Å². The van der Waals surface area contributed by atoms with Crippen molar-refractivity contribution in [1.29, 1.82) is 0 Å². The summed E-state index contributed by atoms with van der Waals surface area (Å²) in [7, 11) is 3.67. The Hall–Kier alpha value is -4.26. The molecular weight excluding hydrogens is 705 g/mol. The van der Waals surface area contributed by atoms with Gasteiger partial charge in [-0.15, -0.1) is 11.3 Å². The number of piperidine rings is 1. The quantitative estimate of drug-likeness (QED) is 0.188. The van der Waals surface area contributed by atoms with Crippen molar-refractivity contribution < 1.29 is 28.6 Å². The molecule has 3 atom stereocenters. The molecule has 2 aliphatic carbocycles. The molecule has 54 heavy (non-hydrogen) atoms. The number of benzene rings is 1. The van der Waals surface area contributed by atoms with Crippen LogP contribution in [0, 0.1) is 23.7 Å². The van der Waals surface area contributed by atoms with Gasteiger partial charge >= 0.3 is 12.2 Å². The molecule has 290 valence electrons. The maximum absolute atomic E-state index is 14.2. The number of nitrogens with zero attached hydrogens (tertiary/aromatic N) is 5. The van der Waals surface area contributed by atoms with E-state index in [1.165, 1.54) is 28.6 Å². The van der Waals surface area contributed by atoms with Crippen LogP contribution in [-0.4, -0.2) is 92.5 Å². The highest BCUT2D eigenvalue weighted by atomic mass is 32.1. The number of nitrogens with one attached hydrogen (secondary N) is 1. The minimum atomic E-state index is -0.562. The van der Waals surface area contributed by atoms with E-state index < -0.39 is 17.3 Å². The van der Waals surface area contributed by atoms with Crippen molar-refractivity contribution in [1.82, 2.24) is 29.2 Å². The van der Waals surface area contributed by atoms with Crippen LogP contribution in [0.2, 0.25) is 0 Å². The minimum Gasteiger partial charge on any atom is -0.494 e. The molecule has 2 saturated heterocycles. The van der Waals surface area contributed by atoms with Gasteiger partial charge in [-0.05, 0) is 121 Å². The molecule has 13 heteroatoms. The highest BCUT2D eigenvalue weighted by Gasteiger charge is 2.49. The van der Waals surface area contributed by atoms with Crippen molar-refractivity contribution in [3.63, 3.8) is 0 Å². The summed E-state index contributed by atoms with van der Waals surface area (Å²) in [5.74, 6) is 3.00. The lowest BCUT2D eigenvalue weighted by molar-refractivity contribution is -0.000865. The summed E-state index contributed by atoms with van der Waals surface area (Å²) in [4.78, 5) is 48.2. The number of likely N-dealkylation sites (tertiary alicyclic amines) is 2. The van der Waals surface area contributed by atoms with Gasteiger partial charge in [0.1, 0.15) is 22.5 Å². The molecule has 2 saturated carbocycles. The molecule has 3 aromatic heterocycles. The van der Waals surface area contributed by atoms with Crippen molar-refractivity contribution in [3.05, 3.63) is 34.7 Å². The molecule has 4 aromatic rings. The predicted octanol–water partition coefficient (Wildman–Crippen LogP) is 7.46. The summed E-state index contributed by atoms with van der Waals surface area (Å²) in [6.07, 6.45) is 4.67. The third-order valence-electron chi connectivity index (χ3n) is 11.5. The minimum absolute atomic E-state index is 0.0274. The van der Waals surface area contributed by atoms with Gasteiger partial charge < -0.3 is 38.5 Å². The number of carbonyl (C=O) groups is 3. The zero-order valence-corrected chi connectivity index (χ0v) is 33.7. The van der Waals surface area contributed by atoms with Crippen LogP contribution in [0.1, 0.15) is 83.1 Å². The number of fused-ring (bicyclic) bond motifs is 4. The Morgan fingerprint density at radius 1 is 0.926 bits per heavy atom. The zero-order chi connectivity index (χ0) is 38.3. The van der Waals surface area contributed by atoms with Gasteiger partial charge in [-0.2, -0.15) is 0 Å². The second-order valence-electron chi connectivity index (χ2n) is 18.0. The standard InChI is InChI=1S/C41H54N6O6S/c1-40(2,3)52-38(49)42-17-28-25-11-12-30(28)47(21-25)37(48)26-14-29-35(32(15-26)51-8)44(7)36(43-29)31-16-33-34(46(31)20-23-9-10-23)27(22-54-33)13-24-18-45(19-24)39(50)53-41(4,5)6/h14-16,22-25,28,30H,9-13,17-21H2,1-8H3,(H,42,49)/t25-,28-,30-/m1/s1. The largest absolute Gasteiger partial charge is 0.494 e. The molecule has 0 radical (unpaired) electrons. The number of hydrogen-bond acceptors (Lipinski definition) is 8. The Kier molecular flexibility index (Phi) is 9.17. The number of alkyl carbamates (subject to hydrolysis) is 1. The first-order valence-corrected chi connectivity index (χ1v) is 20.3. The fourth-order valence-electron chi connectivity index (χ4n) is 8.86. The molecule has 1 aromatic carbocycles. The van der Waals surface area contributed by atoms with E-state index in [0.717, 1.165) is 48.4 Å². The Labute approximate surface area is 321 Å². The molecule has 1 N–H and O–H groups in total. The van der Waals surface area contributed by atoms with Crippen LogP contribution in [0.15, 0.2) is 23.6 Å². The normalized spacial score (nSPS) is 21.6. The van der Waals surface area contributed by atoms with Gasteiger partial charge in [0.15, 0.2) is 5.82 Å². The predicted molar refractivity (Wildman–Crippen MR) is 209 cm³/mol. The lowest BCUT2D eigenvalue weighted by Gasteiger charge is -2.39. The molecule has 4 aliphatic rings. The fourth-order valence-corrected chi connectivity index (χ4v) is 9.87. The maximum atomic E-state index is 14.2. The lowest BCUT2D eigenvalue weighted by Crippen LogP contribution is -2.52. The number of ether oxygens (including phenoxy) is 3. The van der Waals surface area contributed by atoms with E-state index in [1.807, 2.05) is 65.6 Å². The smallest absolute Gasteiger partial charge is 0.410 e. The first-order chi connectivity index (χ1) is 25.6. The van der Waals surface area contributed by atoms with Gasteiger partial charge in [0.05, 0.1) is 28.5 Å². The van der Waals surface area contributed by atoms with E-state index in [4.69, 9.17) is 19.2 Å². The van der Waals surface area contributed by atoms with E-state index in [0.29, 0.717) is 55.2 Å². The van der Waals surface area contributed by atoms with E-state index in [2.05, 4.69) is 25.9 Å². The van der Waals surface area contributed by atoms with Crippen molar-refractivity contribution >= 4 is 50.7 Å². The number of amides is 3. The van der Waals surface area contributed by atoms with Crippen LogP contribution >= 0.6 is 11.3 Å². The van der Waals surface area contributed by atoms with Crippen molar-refractivity contribution in [2.75, 3.05) is 33.3 Å². The number of carbonyl (C=O) groups excluding carboxylic acids is 3. The van der Waals surface area contributed by atoms with E-state index >= 15 is 0 Å². The molecule has 12 nitrogen and oxygen atoms in total. The SMILES string of the molecule is COc1cc(C(=O)N2C[C@H]3CC[C@@H]2[C@@H]3CNC(=O)OC(C)(C)C)cc2nc(-c3cc4scc(CC5CN(C(=O)OC(C)(C)C)C5)c4n3CC3CC3)n(C)c12. The van der Waals surface area contributed by atoms with Crippen LogP contribution in [0.4, 0.5) is 9.59 Å². The summed E-state index contributed by atoms with van der Waals surface area (Å²) in [5.41, 5.74) is 4.74. The Morgan fingerprint density at radius 3 is 2.35 bits per heavy atom. The molecule has 0 spiro atoms. The van der Waals surface area contributed by atoms with Crippen molar-refractivity contribution in [2.24, 2.45) is 30.7 Å². The van der Waals surface area contributed by atoms with Crippen molar-refractivity contribution in [3.8, 4) is 17.3 Å². The third-order valence-corrected chi connectivity index (χ3v) is 12.5. The summed E-state index contributed by atoms with van der Waals surface area (Å²) >= 11 is 1.77. The highest BCUT2D eigenvalue weighted by molar-refractivity contribution is 7.17. The summed E-state index contributed by atoms with van der Waals surface area (Å²) in [6.45, 7) is 14.8. The Morgan fingerprint density at radius 2 is 1.67 bits per heavy atom. The number of imidazole rings is 1. The second kappa shape index (κ2) is 13.5. The van der Waals surface area contributed by atoms with Crippen LogP contribution in [0.25, 0.3) is 32.8 Å². The first-order valence-electron chi connectivity index (χ1n) is 19.5. The van der Waals surface area contributed by atoms with Crippen molar-refractivity contribution in [2.45, 2.75) is 97.4 Å². The summed E-state index contributed by atoms with van der Waals surface area (Å²) < 4.78 is 22.8. The first kappa shape index (κ1) is 36.7. The van der Waals surface area contributed by atoms with Gasteiger partial charge in [-0.1, -0.05) is 0 Å². The Bertz CT molecular complexity index is 2110. The molecule has 3 amide bonds. The van der Waals surface area contributed by atoms with Crippen LogP contribution in [0.3, 0.4) is 0 Å². The van der Waals surface area contributed by atoms with Crippen LogP contribution in [-0.2, 0) is 29.5 Å². The van der Waals surface area contributed by atoms with Gasteiger partial charge in [0.25, 0.3) is 5.91 Å². The highest BCUT2D eigenvalue weighted by Crippen LogP contribution is 2.45. The third kappa shape index (κ3) is 7.04. The topological polar surface area (TPSA) is 120 Å². The van der Waals surface area contributed by atoms with Gasteiger partial charge in [0, 0.05) is 57.3 Å². The maximum Gasteiger partial charge on any atom is 0.410 e. The lowest BCUT2D eigenvalue weighted by atomic mass is 9.93. The number of aryl methyl sites for hydroxylation is 1. The molecule has 8 rings (SSSR count). The number of hydrogen-bond donors (Lipinski definition) is 1. The van der Waals surface area contributed by atoms with Gasteiger partial charge in [-0.3, -0.25) is 4.79 Å². The molecule has 5 heterocycles. The second-order valence-corrected chi connectivity index (χ2v) is 18.9. The average molecular weight is 759 g/mol. The molecule has 2 aliphatic heterocycles.